The molecule has 1 amide bonds. The number of likely N-dealkylation sites (N-methyl/N-ethyl adjacent to an activating group) is 1. The fourth-order valence-electron chi connectivity index (χ4n) is 1.78. The van der Waals surface area contributed by atoms with Gasteiger partial charge in [0.15, 0.2) is 6.10 Å². The third kappa shape index (κ3) is 4.93. The molecule has 0 radical (unpaired) electrons. The van der Waals surface area contributed by atoms with Crippen molar-refractivity contribution in [2.24, 2.45) is 0 Å². The molecule has 2 N–H and O–H groups in total. The van der Waals surface area contributed by atoms with Gasteiger partial charge in [-0.3, -0.25) is 4.79 Å². The molecule has 1 aromatic carbocycles. The van der Waals surface area contributed by atoms with Crippen LogP contribution in [0.2, 0.25) is 0 Å². The van der Waals surface area contributed by atoms with Crippen LogP contribution in [0.3, 0.4) is 0 Å². The van der Waals surface area contributed by atoms with Gasteiger partial charge in [0.1, 0.15) is 5.75 Å². The first kappa shape index (κ1) is 17.3. The van der Waals surface area contributed by atoms with Crippen molar-refractivity contribution in [3.63, 3.8) is 0 Å². The van der Waals surface area contributed by atoms with Crippen molar-refractivity contribution in [2.45, 2.75) is 32.7 Å². The van der Waals surface area contributed by atoms with Gasteiger partial charge in [-0.1, -0.05) is 6.07 Å². The van der Waals surface area contributed by atoms with Crippen LogP contribution in [0.1, 0.15) is 25.0 Å². The molecule has 0 aromatic heterocycles. The minimum Gasteiger partial charge on any atom is -0.480 e. The average Bonchev–Trinajstić information content (AvgIpc) is 2.39. The van der Waals surface area contributed by atoms with Crippen LogP contribution in [-0.2, 0) is 17.5 Å². The fourth-order valence-corrected chi connectivity index (χ4v) is 1.78. The highest BCUT2D eigenvalue weighted by Crippen LogP contribution is 2.37. The molecule has 21 heavy (non-hydrogen) atoms. The quantitative estimate of drug-likeness (QED) is 0.848. The Balaban J connectivity index is 3.03. The van der Waals surface area contributed by atoms with Crippen molar-refractivity contribution in [1.29, 1.82) is 0 Å². The molecule has 1 rings (SSSR count). The summed E-state index contributed by atoms with van der Waals surface area (Å²) in [7, 11) is 1.65. The summed E-state index contributed by atoms with van der Waals surface area (Å²) in [5, 5.41) is 5.29. The number of alkyl halides is 3. The zero-order valence-corrected chi connectivity index (χ0v) is 12.2. The van der Waals surface area contributed by atoms with Crippen molar-refractivity contribution in [1.82, 2.24) is 10.6 Å². The summed E-state index contributed by atoms with van der Waals surface area (Å²) >= 11 is 0. The zero-order valence-electron chi connectivity index (χ0n) is 12.2. The molecular weight excluding hydrogens is 285 g/mol. The van der Waals surface area contributed by atoms with E-state index < -0.39 is 23.8 Å². The number of ether oxygens (including phenoxy) is 1. The lowest BCUT2D eigenvalue weighted by molar-refractivity contribution is -0.140. The summed E-state index contributed by atoms with van der Waals surface area (Å²) in [5.74, 6) is -0.800. The maximum absolute atomic E-state index is 13.1. The van der Waals surface area contributed by atoms with E-state index in [0.717, 1.165) is 6.07 Å². The summed E-state index contributed by atoms with van der Waals surface area (Å²) in [6, 6.07) is 3.80. The predicted octanol–water partition coefficient (Wildman–Crippen LogP) is 2.33. The van der Waals surface area contributed by atoms with Crippen LogP contribution in [0.5, 0.6) is 5.75 Å². The van der Waals surface area contributed by atoms with E-state index in [2.05, 4.69) is 10.6 Å². The average molecular weight is 304 g/mol. The molecule has 4 nitrogen and oxygen atoms in total. The van der Waals surface area contributed by atoms with E-state index in [9.17, 15) is 18.0 Å². The van der Waals surface area contributed by atoms with E-state index in [-0.39, 0.29) is 5.75 Å². The van der Waals surface area contributed by atoms with Crippen LogP contribution < -0.4 is 15.4 Å². The second-order valence-electron chi connectivity index (χ2n) is 4.51. The number of carbonyl (C=O) groups excluding carboxylic acids is 1. The van der Waals surface area contributed by atoms with Crippen molar-refractivity contribution in [2.75, 3.05) is 13.6 Å². The summed E-state index contributed by atoms with van der Waals surface area (Å²) in [6.07, 6.45) is -5.54. The maximum Gasteiger partial charge on any atom is 0.419 e. The third-order valence-electron chi connectivity index (χ3n) is 2.75. The Morgan fingerprint density at radius 2 is 2.05 bits per heavy atom. The topological polar surface area (TPSA) is 50.4 Å². The molecular formula is C14H19F3N2O2. The molecule has 1 unspecified atom stereocenters. The zero-order chi connectivity index (χ0) is 16.0. The smallest absolute Gasteiger partial charge is 0.419 e. The normalized spacial score (nSPS) is 12.9. The Hall–Kier alpha value is -1.76. The molecule has 118 valence electrons. The van der Waals surface area contributed by atoms with Gasteiger partial charge in [-0.25, -0.2) is 0 Å². The summed E-state index contributed by atoms with van der Waals surface area (Å²) in [4.78, 5) is 11.6. The number of rotatable bonds is 6. The fraction of sp³-hybridized carbons (Fsp3) is 0.500. The van der Waals surface area contributed by atoms with Gasteiger partial charge in [0.25, 0.3) is 5.91 Å². The lowest BCUT2D eigenvalue weighted by Gasteiger charge is -2.19. The second kappa shape index (κ2) is 7.31. The van der Waals surface area contributed by atoms with Crippen LogP contribution in [0.25, 0.3) is 0 Å². The molecule has 0 fully saturated rings. The largest absolute Gasteiger partial charge is 0.480 e. The summed E-state index contributed by atoms with van der Waals surface area (Å²) in [6.45, 7) is 3.83. The number of carbonyl (C=O) groups is 1. The van der Waals surface area contributed by atoms with E-state index in [1.165, 1.54) is 19.1 Å². The number of halogens is 3. The molecule has 0 heterocycles. The molecule has 0 aliphatic carbocycles. The van der Waals surface area contributed by atoms with Crippen LogP contribution in [0.4, 0.5) is 13.2 Å². The number of hydrogen-bond acceptors (Lipinski definition) is 3. The van der Waals surface area contributed by atoms with E-state index in [4.69, 9.17) is 4.74 Å². The van der Waals surface area contributed by atoms with Crippen molar-refractivity contribution in [3.8, 4) is 5.75 Å². The predicted molar refractivity (Wildman–Crippen MR) is 73.0 cm³/mol. The van der Waals surface area contributed by atoms with Gasteiger partial charge < -0.3 is 15.4 Å². The molecule has 0 aliphatic rings. The monoisotopic (exact) mass is 304 g/mol. The second-order valence-corrected chi connectivity index (χ2v) is 4.51. The summed E-state index contributed by atoms with van der Waals surface area (Å²) in [5.41, 5.74) is -0.394. The van der Waals surface area contributed by atoms with Crippen LogP contribution in [0, 0.1) is 0 Å². The van der Waals surface area contributed by atoms with Gasteiger partial charge in [-0.05, 0) is 38.6 Å². The number of benzene rings is 1. The van der Waals surface area contributed by atoms with Gasteiger partial charge in [0, 0.05) is 13.1 Å². The van der Waals surface area contributed by atoms with Crippen LogP contribution >= 0.6 is 0 Å². The number of hydrogen-bond donors (Lipinski definition) is 2. The minimum atomic E-state index is -4.54. The van der Waals surface area contributed by atoms with Gasteiger partial charge in [-0.2, -0.15) is 13.2 Å². The molecule has 0 spiro atoms. The SMILES string of the molecule is CCNC(=O)C(C)Oc1ccc(CNC)cc1C(F)(F)F. The van der Waals surface area contributed by atoms with Gasteiger partial charge in [-0.15, -0.1) is 0 Å². The van der Waals surface area contributed by atoms with Gasteiger partial charge in [0.2, 0.25) is 0 Å². The minimum absolute atomic E-state index is 0.315. The number of nitrogens with one attached hydrogen (secondary N) is 2. The maximum atomic E-state index is 13.1. The standard InChI is InChI=1S/C14H19F3N2O2/c1-4-19-13(20)9(2)21-12-6-5-10(8-18-3)7-11(12)14(15,16)17/h5-7,9,18H,4,8H2,1-3H3,(H,19,20). The molecule has 0 bridgehead atoms. The molecule has 7 heteroatoms. The molecule has 0 saturated heterocycles. The Labute approximate surface area is 121 Å². The highest BCUT2D eigenvalue weighted by atomic mass is 19.4. The van der Waals surface area contributed by atoms with E-state index in [1.54, 1.807) is 14.0 Å². The van der Waals surface area contributed by atoms with E-state index in [1.807, 2.05) is 0 Å². The molecule has 0 saturated carbocycles. The van der Waals surface area contributed by atoms with Crippen LogP contribution in [0.15, 0.2) is 18.2 Å². The Morgan fingerprint density at radius 3 is 2.57 bits per heavy atom. The van der Waals surface area contributed by atoms with E-state index in [0.29, 0.717) is 18.7 Å². The first-order chi connectivity index (χ1) is 9.79. The van der Waals surface area contributed by atoms with Crippen LogP contribution in [-0.4, -0.2) is 25.6 Å². The lowest BCUT2D eigenvalue weighted by Crippen LogP contribution is -2.36. The Morgan fingerprint density at radius 1 is 1.38 bits per heavy atom. The Kier molecular flexibility index (Phi) is 6.02. The first-order valence-electron chi connectivity index (χ1n) is 6.58. The van der Waals surface area contributed by atoms with Gasteiger partial charge in [0.05, 0.1) is 5.56 Å². The van der Waals surface area contributed by atoms with E-state index >= 15 is 0 Å². The number of amides is 1. The third-order valence-corrected chi connectivity index (χ3v) is 2.75. The Bertz CT molecular complexity index is 490. The van der Waals surface area contributed by atoms with Gasteiger partial charge >= 0.3 is 6.18 Å². The molecule has 0 aliphatic heterocycles. The van der Waals surface area contributed by atoms with Crippen molar-refractivity contribution < 1.29 is 22.7 Å². The lowest BCUT2D eigenvalue weighted by atomic mass is 10.1. The highest BCUT2D eigenvalue weighted by Gasteiger charge is 2.35. The molecule has 1 aromatic rings. The first-order valence-corrected chi connectivity index (χ1v) is 6.58. The molecule has 1 atom stereocenters. The highest BCUT2D eigenvalue weighted by molar-refractivity contribution is 5.80. The van der Waals surface area contributed by atoms with Crippen molar-refractivity contribution in [3.05, 3.63) is 29.3 Å². The van der Waals surface area contributed by atoms with Crippen molar-refractivity contribution >= 4 is 5.91 Å². The summed E-state index contributed by atoms with van der Waals surface area (Å²) < 4.78 is 44.4.